The van der Waals surface area contributed by atoms with Gasteiger partial charge in [0.05, 0.1) is 11.0 Å². The summed E-state index contributed by atoms with van der Waals surface area (Å²) in [4.78, 5) is 20.5. The summed E-state index contributed by atoms with van der Waals surface area (Å²) < 4.78 is 12.9. The number of thiophene rings is 1. The average Bonchev–Trinajstić information content (AvgIpc) is 3.82. The molecule has 4 aromatic rings. The number of nitriles is 1. The number of ether oxygens (including phenoxy) is 1. The van der Waals surface area contributed by atoms with Crippen molar-refractivity contribution in [1.29, 1.82) is 5.26 Å². The van der Waals surface area contributed by atoms with Crippen molar-refractivity contribution < 1.29 is 9.26 Å². The molecule has 10 nitrogen and oxygen atoms in total. The van der Waals surface area contributed by atoms with E-state index < -0.39 is 5.41 Å². The highest BCUT2D eigenvalue weighted by atomic mass is 32.1. The Morgan fingerprint density at radius 2 is 2.05 bits per heavy atom. The first kappa shape index (κ1) is 27.5. The number of hydrogen-bond acceptors (Lipinski definition) is 11. The topological polar surface area (TPSA) is 130 Å². The third kappa shape index (κ3) is 4.22. The second-order valence-corrected chi connectivity index (χ2v) is 13.8. The van der Waals surface area contributed by atoms with Gasteiger partial charge in [0.15, 0.2) is 17.3 Å². The van der Waals surface area contributed by atoms with Crippen molar-refractivity contribution in [3.63, 3.8) is 0 Å². The van der Waals surface area contributed by atoms with Crippen molar-refractivity contribution in [2.45, 2.75) is 82.3 Å². The van der Waals surface area contributed by atoms with Crippen molar-refractivity contribution in [3.8, 4) is 23.5 Å². The number of aryl methyl sites for hydroxylation is 1. The van der Waals surface area contributed by atoms with E-state index in [-0.39, 0.29) is 6.10 Å². The predicted octanol–water partition coefficient (Wildman–Crippen LogP) is 5.56. The lowest BCUT2D eigenvalue weighted by Gasteiger charge is -2.39. The molecular formula is C33H36N8O2S. The smallest absolute Gasteiger partial charge is 0.219 e. The third-order valence-electron chi connectivity index (χ3n) is 10.2. The number of pyridine rings is 1. The molecule has 44 heavy (non-hydrogen) atoms. The first-order valence-corrected chi connectivity index (χ1v) is 16.6. The van der Waals surface area contributed by atoms with Gasteiger partial charge in [0.25, 0.3) is 0 Å². The number of rotatable bonds is 5. The van der Waals surface area contributed by atoms with Crippen LogP contribution in [0.4, 0.5) is 16.6 Å². The highest BCUT2D eigenvalue weighted by Gasteiger charge is 2.49. The summed E-state index contributed by atoms with van der Waals surface area (Å²) in [5.41, 5.74) is 10.5. The molecule has 2 aliphatic heterocycles. The Kier molecular flexibility index (Phi) is 6.61. The highest BCUT2D eigenvalue weighted by molar-refractivity contribution is 7.16. The van der Waals surface area contributed by atoms with Crippen LogP contribution in [0.2, 0.25) is 0 Å². The fraction of sp³-hybridized carbons (Fsp3) is 0.485. The molecule has 1 fully saturated rings. The Morgan fingerprint density at radius 1 is 1.18 bits per heavy atom. The van der Waals surface area contributed by atoms with Crippen molar-refractivity contribution >= 4 is 28.0 Å². The number of hydrogen-bond donors (Lipinski definition) is 1. The molecule has 6 heterocycles. The van der Waals surface area contributed by atoms with Crippen LogP contribution in [0.5, 0.6) is 5.88 Å². The van der Waals surface area contributed by atoms with Gasteiger partial charge in [-0.1, -0.05) is 11.2 Å². The van der Waals surface area contributed by atoms with Crippen molar-refractivity contribution in [3.05, 3.63) is 57.3 Å². The van der Waals surface area contributed by atoms with E-state index in [4.69, 9.17) is 25.0 Å². The van der Waals surface area contributed by atoms with Gasteiger partial charge in [-0.2, -0.15) is 10.2 Å². The Labute approximate surface area is 260 Å². The molecule has 0 saturated carbocycles. The predicted molar refractivity (Wildman–Crippen MR) is 168 cm³/mol. The number of nitrogens with two attached hydrogens (primary N) is 1. The molecule has 1 saturated heterocycles. The number of nitrogen functional groups attached to an aromatic ring is 1. The van der Waals surface area contributed by atoms with E-state index in [1.165, 1.54) is 16.9 Å². The molecule has 11 heteroatoms. The zero-order chi connectivity index (χ0) is 30.0. The first-order valence-electron chi connectivity index (χ1n) is 15.8. The van der Waals surface area contributed by atoms with E-state index in [0.717, 1.165) is 93.0 Å². The number of fused-ring (bicyclic) bond motifs is 5. The summed E-state index contributed by atoms with van der Waals surface area (Å²) in [5.74, 6) is 3.54. The van der Waals surface area contributed by atoms with Crippen LogP contribution in [-0.2, 0) is 24.7 Å². The van der Waals surface area contributed by atoms with E-state index in [0.29, 0.717) is 34.0 Å². The zero-order valence-corrected chi connectivity index (χ0v) is 26.0. The van der Waals surface area contributed by atoms with Crippen molar-refractivity contribution in [1.82, 2.24) is 25.0 Å². The molecule has 8 rings (SSSR count). The minimum absolute atomic E-state index is 0.0364. The molecule has 4 aromatic heterocycles. The fourth-order valence-electron chi connectivity index (χ4n) is 8.16. The lowest BCUT2D eigenvalue weighted by molar-refractivity contribution is 0.117. The Balaban J connectivity index is 1.24. The van der Waals surface area contributed by atoms with Crippen molar-refractivity contribution in [2.24, 2.45) is 0 Å². The minimum atomic E-state index is -0.401. The molecule has 2 N–H and O–H groups in total. The average molecular weight is 609 g/mol. The Hall–Kier alpha value is -4.01. The molecule has 4 aliphatic rings. The van der Waals surface area contributed by atoms with Gasteiger partial charge in [-0.05, 0) is 95.5 Å². The lowest BCUT2D eigenvalue weighted by atomic mass is 9.63. The van der Waals surface area contributed by atoms with E-state index in [1.807, 2.05) is 18.3 Å². The molecule has 0 amide bonds. The van der Waals surface area contributed by atoms with Gasteiger partial charge < -0.3 is 19.9 Å². The monoisotopic (exact) mass is 608 g/mol. The molecule has 0 radical (unpaired) electrons. The number of likely N-dealkylation sites (tertiary alicyclic amines) is 1. The number of anilines is 3. The molecule has 226 valence electrons. The molecule has 1 spiro atoms. The minimum Gasteiger partial charge on any atom is -0.473 e. The second-order valence-electron chi connectivity index (χ2n) is 12.7. The van der Waals surface area contributed by atoms with Crippen LogP contribution in [0, 0.1) is 11.3 Å². The molecule has 0 unspecified atom stereocenters. The van der Waals surface area contributed by atoms with Crippen LogP contribution in [0.3, 0.4) is 0 Å². The summed E-state index contributed by atoms with van der Waals surface area (Å²) in [7, 11) is 2.16. The van der Waals surface area contributed by atoms with Gasteiger partial charge in [0.2, 0.25) is 5.88 Å². The fourth-order valence-corrected chi connectivity index (χ4v) is 9.32. The van der Waals surface area contributed by atoms with Crippen LogP contribution < -0.4 is 15.4 Å². The maximum atomic E-state index is 10.1. The molecule has 2 aliphatic carbocycles. The summed E-state index contributed by atoms with van der Waals surface area (Å²) in [5, 5.41) is 15.4. The van der Waals surface area contributed by atoms with Crippen LogP contribution >= 0.6 is 11.3 Å². The SMILES string of the molecule is C[C@H](Oc1cc(N2CCc3cccnc32)nc(-c2noc3c2CCC[C@@]32CCCc3sc(N)c(C#N)c32)n1)[C@@H]1CCCN1C. The quantitative estimate of drug-likeness (QED) is 0.307. The second kappa shape index (κ2) is 10.6. The largest absolute Gasteiger partial charge is 0.473 e. The molecule has 0 aromatic carbocycles. The lowest BCUT2D eigenvalue weighted by Crippen LogP contribution is -2.38. The van der Waals surface area contributed by atoms with Gasteiger partial charge in [0, 0.05) is 35.3 Å². The van der Waals surface area contributed by atoms with E-state index in [1.54, 1.807) is 11.3 Å². The van der Waals surface area contributed by atoms with E-state index >= 15 is 0 Å². The van der Waals surface area contributed by atoms with Crippen LogP contribution in [-0.4, -0.2) is 57.3 Å². The van der Waals surface area contributed by atoms with Crippen LogP contribution in [0.1, 0.15) is 78.3 Å². The molecule has 0 bridgehead atoms. The van der Waals surface area contributed by atoms with E-state index in [2.05, 4.69) is 46.0 Å². The van der Waals surface area contributed by atoms with Gasteiger partial charge in [0.1, 0.15) is 28.8 Å². The number of nitrogens with zero attached hydrogens (tertiary/aromatic N) is 7. The van der Waals surface area contributed by atoms with Crippen LogP contribution in [0.25, 0.3) is 11.5 Å². The maximum Gasteiger partial charge on any atom is 0.219 e. The van der Waals surface area contributed by atoms with Crippen LogP contribution in [0.15, 0.2) is 28.9 Å². The van der Waals surface area contributed by atoms with Crippen molar-refractivity contribution in [2.75, 3.05) is 30.8 Å². The Morgan fingerprint density at radius 3 is 2.86 bits per heavy atom. The maximum absolute atomic E-state index is 10.1. The van der Waals surface area contributed by atoms with Gasteiger partial charge in [-0.3, -0.25) is 4.90 Å². The van der Waals surface area contributed by atoms with Gasteiger partial charge >= 0.3 is 0 Å². The Bertz CT molecular complexity index is 1790. The third-order valence-corrected chi connectivity index (χ3v) is 11.3. The first-order chi connectivity index (χ1) is 21.5. The molecular weight excluding hydrogens is 572 g/mol. The summed E-state index contributed by atoms with van der Waals surface area (Å²) >= 11 is 1.55. The standard InChI is InChI=1S/C33H36N8O2S/c1-19(23-9-6-15-40(23)2)42-26-17-25(41-16-11-20-7-5-14-36-32(20)41)37-31(38-26)28-21-8-3-12-33(29(21)43-39-28)13-4-10-24-27(33)22(18-34)30(35)44-24/h5,7,14,17,19,23H,3-4,6,8-13,15-16,35H2,1-2H3/t19-,23-,33-/m0/s1. The summed E-state index contributed by atoms with van der Waals surface area (Å²) in [6, 6.07) is 8.78. The number of likely N-dealkylation sites (N-methyl/N-ethyl adjacent to an activating group) is 1. The summed E-state index contributed by atoms with van der Waals surface area (Å²) in [6.45, 7) is 3.98. The normalized spacial score (nSPS) is 23.3. The van der Waals surface area contributed by atoms with Gasteiger partial charge in [-0.25, -0.2) is 9.97 Å². The van der Waals surface area contributed by atoms with E-state index in [9.17, 15) is 5.26 Å². The van der Waals surface area contributed by atoms with Gasteiger partial charge in [-0.15, -0.1) is 11.3 Å². The zero-order valence-electron chi connectivity index (χ0n) is 25.2. The highest BCUT2D eigenvalue weighted by Crippen LogP contribution is 2.55. The molecule has 3 atom stereocenters. The number of aromatic nitrogens is 4. The summed E-state index contributed by atoms with van der Waals surface area (Å²) in [6.07, 6.45) is 10.5.